The van der Waals surface area contributed by atoms with Crippen molar-refractivity contribution in [3.63, 3.8) is 0 Å². The van der Waals surface area contributed by atoms with Crippen molar-refractivity contribution in [2.75, 3.05) is 16.0 Å². The Bertz CT molecular complexity index is 1020. The van der Waals surface area contributed by atoms with Crippen LogP contribution in [0.5, 0.6) is 0 Å². The van der Waals surface area contributed by atoms with Gasteiger partial charge in [-0.15, -0.1) is 11.3 Å². The number of aromatic nitrogens is 1. The number of carbonyl (C=O) groups excluding carboxylic acids is 2. The molecule has 0 aliphatic carbocycles. The standard InChI is InChI=1S/C20H19ClN4O2S/c1-12-4-3-5-14(8-12)23-19(27)25-20-24-16(11-28-20)10-18(26)22-15-7-6-13(2)17(21)9-15/h3-9,11H,10H2,1-2H3,(H,22,26)(H2,23,24,25,27). The second kappa shape index (κ2) is 8.86. The van der Waals surface area contributed by atoms with E-state index in [1.54, 1.807) is 17.5 Å². The number of anilines is 3. The molecule has 1 aromatic heterocycles. The predicted octanol–water partition coefficient (Wildman–Crippen LogP) is 5.24. The first kappa shape index (κ1) is 19.9. The molecule has 3 aromatic rings. The lowest BCUT2D eigenvalue weighted by atomic mass is 10.2. The normalized spacial score (nSPS) is 10.4. The molecule has 144 valence electrons. The largest absolute Gasteiger partial charge is 0.326 e. The van der Waals surface area contributed by atoms with E-state index in [0.29, 0.717) is 27.2 Å². The molecular weight excluding hydrogens is 396 g/mol. The van der Waals surface area contributed by atoms with E-state index in [1.165, 1.54) is 11.3 Å². The Hall–Kier alpha value is -2.90. The third kappa shape index (κ3) is 5.55. The van der Waals surface area contributed by atoms with Crippen molar-refractivity contribution in [1.82, 2.24) is 4.98 Å². The maximum absolute atomic E-state index is 12.2. The highest BCUT2D eigenvalue weighted by Crippen LogP contribution is 2.21. The molecule has 0 aliphatic rings. The third-order valence-corrected chi connectivity index (χ3v) is 5.06. The third-order valence-electron chi connectivity index (χ3n) is 3.85. The average Bonchev–Trinajstić information content (AvgIpc) is 3.04. The van der Waals surface area contributed by atoms with Gasteiger partial charge < -0.3 is 10.6 Å². The molecule has 0 fully saturated rings. The molecule has 0 spiro atoms. The van der Waals surface area contributed by atoms with Gasteiger partial charge in [0.05, 0.1) is 12.1 Å². The summed E-state index contributed by atoms with van der Waals surface area (Å²) in [6.45, 7) is 3.85. The second-order valence-electron chi connectivity index (χ2n) is 6.28. The molecule has 0 unspecified atom stereocenters. The SMILES string of the molecule is Cc1cccc(NC(=O)Nc2nc(CC(=O)Nc3ccc(C)c(Cl)c3)cs2)c1. The van der Waals surface area contributed by atoms with Gasteiger partial charge in [0, 0.05) is 21.8 Å². The van der Waals surface area contributed by atoms with Crippen LogP contribution >= 0.6 is 22.9 Å². The van der Waals surface area contributed by atoms with Crippen molar-refractivity contribution >= 4 is 51.4 Å². The van der Waals surface area contributed by atoms with Crippen LogP contribution in [-0.2, 0) is 11.2 Å². The molecule has 0 radical (unpaired) electrons. The minimum atomic E-state index is -0.384. The smallest absolute Gasteiger partial charge is 0.325 e. The first-order chi connectivity index (χ1) is 13.4. The molecular formula is C20H19ClN4O2S. The molecule has 0 bridgehead atoms. The number of hydrogen-bond acceptors (Lipinski definition) is 4. The van der Waals surface area contributed by atoms with Crippen molar-refractivity contribution in [3.8, 4) is 0 Å². The van der Waals surface area contributed by atoms with Crippen molar-refractivity contribution in [2.45, 2.75) is 20.3 Å². The minimum Gasteiger partial charge on any atom is -0.326 e. The van der Waals surface area contributed by atoms with E-state index >= 15 is 0 Å². The van der Waals surface area contributed by atoms with E-state index in [9.17, 15) is 9.59 Å². The summed E-state index contributed by atoms with van der Waals surface area (Å²) in [7, 11) is 0. The summed E-state index contributed by atoms with van der Waals surface area (Å²) in [5.74, 6) is -0.207. The summed E-state index contributed by atoms with van der Waals surface area (Å²) >= 11 is 7.33. The van der Waals surface area contributed by atoms with Gasteiger partial charge in [-0.1, -0.05) is 29.8 Å². The van der Waals surface area contributed by atoms with Crippen molar-refractivity contribution in [1.29, 1.82) is 0 Å². The Labute approximate surface area is 172 Å². The monoisotopic (exact) mass is 414 g/mol. The first-order valence-electron chi connectivity index (χ1n) is 8.54. The van der Waals surface area contributed by atoms with Gasteiger partial charge in [-0.2, -0.15) is 0 Å². The van der Waals surface area contributed by atoms with Crippen molar-refractivity contribution in [3.05, 3.63) is 69.7 Å². The highest BCUT2D eigenvalue weighted by Gasteiger charge is 2.11. The van der Waals surface area contributed by atoms with Crippen LogP contribution in [0.3, 0.4) is 0 Å². The van der Waals surface area contributed by atoms with Gasteiger partial charge in [0.1, 0.15) is 0 Å². The van der Waals surface area contributed by atoms with Crippen LogP contribution in [0, 0.1) is 13.8 Å². The topological polar surface area (TPSA) is 83.1 Å². The van der Waals surface area contributed by atoms with E-state index in [-0.39, 0.29) is 18.4 Å². The fraction of sp³-hybridized carbons (Fsp3) is 0.150. The highest BCUT2D eigenvalue weighted by molar-refractivity contribution is 7.14. The first-order valence-corrected chi connectivity index (χ1v) is 9.80. The van der Waals surface area contributed by atoms with Crippen LogP contribution in [0.25, 0.3) is 0 Å². The quantitative estimate of drug-likeness (QED) is 0.534. The Morgan fingerprint density at radius 3 is 2.57 bits per heavy atom. The van der Waals surface area contributed by atoms with E-state index in [4.69, 9.17) is 11.6 Å². The average molecular weight is 415 g/mol. The molecule has 3 N–H and O–H groups in total. The number of nitrogens with zero attached hydrogens (tertiary/aromatic N) is 1. The van der Waals surface area contributed by atoms with E-state index in [0.717, 1.165) is 11.1 Å². The summed E-state index contributed by atoms with van der Waals surface area (Å²) in [6.07, 6.45) is 0.100. The zero-order chi connectivity index (χ0) is 20.1. The van der Waals surface area contributed by atoms with Crippen molar-refractivity contribution in [2.24, 2.45) is 0 Å². The van der Waals surface area contributed by atoms with E-state index in [1.807, 2.05) is 44.2 Å². The Morgan fingerprint density at radius 1 is 1.04 bits per heavy atom. The number of aryl methyl sites for hydroxylation is 2. The van der Waals surface area contributed by atoms with Gasteiger partial charge in [-0.3, -0.25) is 10.1 Å². The molecule has 3 rings (SSSR count). The molecule has 3 amide bonds. The zero-order valence-electron chi connectivity index (χ0n) is 15.4. The fourth-order valence-electron chi connectivity index (χ4n) is 2.47. The molecule has 0 atom stereocenters. The van der Waals surface area contributed by atoms with Crippen LogP contribution in [0.15, 0.2) is 47.8 Å². The molecule has 6 nitrogen and oxygen atoms in total. The van der Waals surface area contributed by atoms with Gasteiger partial charge >= 0.3 is 6.03 Å². The van der Waals surface area contributed by atoms with Gasteiger partial charge in [0.25, 0.3) is 0 Å². The summed E-state index contributed by atoms with van der Waals surface area (Å²) in [4.78, 5) is 28.6. The van der Waals surface area contributed by atoms with Crippen LogP contribution in [0.4, 0.5) is 21.3 Å². The molecule has 2 aromatic carbocycles. The second-order valence-corrected chi connectivity index (χ2v) is 7.55. The molecule has 1 heterocycles. The van der Waals surface area contributed by atoms with E-state index in [2.05, 4.69) is 20.9 Å². The molecule has 28 heavy (non-hydrogen) atoms. The Kier molecular flexibility index (Phi) is 6.28. The van der Waals surface area contributed by atoms with Gasteiger partial charge in [0.2, 0.25) is 5.91 Å². The molecule has 0 aliphatic heterocycles. The number of halogens is 1. The van der Waals surface area contributed by atoms with Gasteiger partial charge in [0.15, 0.2) is 5.13 Å². The molecule has 0 saturated carbocycles. The number of benzene rings is 2. The van der Waals surface area contributed by atoms with Crippen molar-refractivity contribution < 1.29 is 9.59 Å². The number of urea groups is 1. The maximum atomic E-state index is 12.2. The summed E-state index contributed by atoms with van der Waals surface area (Å²) in [6, 6.07) is 12.5. The number of rotatable bonds is 5. The zero-order valence-corrected chi connectivity index (χ0v) is 16.9. The lowest BCUT2D eigenvalue weighted by Crippen LogP contribution is -2.19. The number of carbonyl (C=O) groups is 2. The molecule has 0 saturated heterocycles. The molecule has 8 heteroatoms. The fourth-order valence-corrected chi connectivity index (χ4v) is 3.35. The van der Waals surface area contributed by atoms with Gasteiger partial charge in [-0.25, -0.2) is 9.78 Å². The van der Waals surface area contributed by atoms with E-state index < -0.39 is 0 Å². The summed E-state index contributed by atoms with van der Waals surface area (Å²) in [5, 5.41) is 11.0. The highest BCUT2D eigenvalue weighted by atomic mass is 35.5. The Balaban J connectivity index is 1.53. The van der Waals surface area contributed by atoms with Crippen LogP contribution < -0.4 is 16.0 Å². The summed E-state index contributed by atoms with van der Waals surface area (Å²) in [5.41, 5.74) is 3.90. The maximum Gasteiger partial charge on any atom is 0.325 e. The van der Waals surface area contributed by atoms with Crippen LogP contribution in [0.1, 0.15) is 16.8 Å². The number of nitrogens with one attached hydrogen (secondary N) is 3. The van der Waals surface area contributed by atoms with Crippen LogP contribution in [0.2, 0.25) is 5.02 Å². The lowest BCUT2D eigenvalue weighted by Gasteiger charge is -2.06. The van der Waals surface area contributed by atoms with Gasteiger partial charge in [-0.05, 0) is 49.2 Å². The number of amides is 3. The number of thiazole rings is 1. The summed E-state index contributed by atoms with van der Waals surface area (Å²) < 4.78 is 0. The van der Waals surface area contributed by atoms with Crippen LogP contribution in [-0.4, -0.2) is 16.9 Å². The predicted molar refractivity (Wildman–Crippen MR) is 114 cm³/mol. The Morgan fingerprint density at radius 2 is 1.82 bits per heavy atom. The lowest BCUT2D eigenvalue weighted by molar-refractivity contribution is -0.115. The number of hydrogen-bond donors (Lipinski definition) is 3. The minimum absolute atomic E-state index is 0.100.